The third kappa shape index (κ3) is 2.32. The van der Waals surface area contributed by atoms with Crippen molar-refractivity contribution in [2.45, 2.75) is 13.0 Å². The van der Waals surface area contributed by atoms with Crippen LogP contribution in [0.2, 0.25) is 0 Å². The second-order valence-electron chi connectivity index (χ2n) is 4.53. The van der Waals surface area contributed by atoms with Gasteiger partial charge in [-0.1, -0.05) is 0 Å². The molecule has 0 saturated heterocycles. The number of nitrogens with two attached hydrogens (primary N) is 1. The van der Waals surface area contributed by atoms with E-state index in [9.17, 15) is 4.79 Å². The second-order valence-corrected chi connectivity index (χ2v) is 5.61. The van der Waals surface area contributed by atoms with Crippen molar-refractivity contribution in [2.24, 2.45) is 0 Å². The molecule has 3 rings (SSSR count). The number of rotatable bonds is 2. The van der Waals surface area contributed by atoms with Gasteiger partial charge in [0.2, 0.25) is 0 Å². The molecule has 0 radical (unpaired) electrons. The van der Waals surface area contributed by atoms with Gasteiger partial charge in [0.25, 0.3) is 5.91 Å². The number of carbonyl (C=O) groups is 1. The largest absolute Gasteiger partial charge is 0.383 e. The summed E-state index contributed by atoms with van der Waals surface area (Å²) in [7, 11) is 2.08. The molecule has 100 valence electrons. The Hall–Kier alpha value is -1.93. The number of hydrogen-bond donors (Lipinski definition) is 3. The lowest BCUT2D eigenvalue weighted by Gasteiger charge is -2.20. The Balaban J connectivity index is 1.78. The van der Waals surface area contributed by atoms with Crippen molar-refractivity contribution >= 4 is 28.2 Å². The second kappa shape index (κ2) is 4.63. The van der Waals surface area contributed by atoms with Crippen LogP contribution in [0.25, 0.3) is 0 Å². The van der Waals surface area contributed by atoms with Gasteiger partial charge in [-0.05, 0) is 7.05 Å². The van der Waals surface area contributed by atoms with Gasteiger partial charge in [-0.25, -0.2) is 4.98 Å². The number of aromatic amines is 1. The summed E-state index contributed by atoms with van der Waals surface area (Å²) in [6.45, 7) is 1.88. The molecule has 4 N–H and O–H groups in total. The van der Waals surface area contributed by atoms with Crippen LogP contribution in [-0.4, -0.2) is 39.6 Å². The van der Waals surface area contributed by atoms with Crippen molar-refractivity contribution in [1.82, 2.24) is 20.1 Å². The van der Waals surface area contributed by atoms with E-state index < -0.39 is 0 Å². The average Bonchev–Trinajstić information content (AvgIpc) is 2.94. The van der Waals surface area contributed by atoms with Gasteiger partial charge in [-0.2, -0.15) is 5.10 Å². The van der Waals surface area contributed by atoms with Crippen LogP contribution in [-0.2, 0) is 13.0 Å². The number of fused-ring (bicyclic) bond motifs is 1. The number of amides is 1. The Morgan fingerprint density at radius 3 is 3.21 bits per heavy atom. The number of aromatic nitrogens is 3. The molecule has 2 aromatic rings. The van der Waals surface area contributed by atoms with E-state index in [1.807, 2.05) is 0 Å². The van der Waals surface area contributed by atoms with Gasteiger partial charge in [-0.15, -0.1) is 11.3 Å². The summed E-state index contributed by atoms with van der Waals surface area (Å²) in [5.74, 6) is -0.0238. The monoisotopic (exact) mass is 278 g/mol. The van der Waals surface area contributed by atoms with Crippen molar-refractivity contribution in [2.75, 3.05) is 24.6 Å². The van der Waals surface area contributed by atoms with E-state index >= 15 is 0 Å². The summed E-state index contributed by atoms with van der Waals surface area (Å²) in [6.07, 6.45) is 2.33. The van der Waals surface area contributed by atoms with Crippen molar-refractivity contribution in [3.8, 4) is 0 Å². The van der Waals surface area contributed by atoms with Crippen molar-refractivity contribution in [1.29, 1.82) is 0 Å². The number of thiazole rings is 1. The lowest BCUT2D eigenvalue weighted by Crippen LogP contribution is -2.25. The number of H-pyrrole nitrogens is 1. The van der Waals surface area contributed by atoms with E-state index in [1.165, 1.54) is 22.4 Å². The van der Waals surface area contributed by atoms with Gasteiger partial charge in [0.1, 0.15) is 11.4 Å². The van der Waals surface area contributed by atoms with Gasteiger partial charge in [-0.3, -0.25) is 15.2 Å². The lowest BCUT2D eigenvalue weighted by atomic mass is 10.2. The molecule has 7 nitrogen and oxygen atoms in total. The fraction of sp³-hybridized carbons (Fsp3) is 0.364. The molecule has 0 unspecified atom stereocenters. The first-order chi connectivity index (χ1) is 9.13. The Morgan fingerprint density at radius 2 is 2.47 bits per heavy atom. The maximum Gasteiger partial charge on any atom is 0.262 e. The highest BCUT2D eigenvalue weighted by Gasteiger charge is 2.20. The number of nitrogens with one attached hydrogen (secondary N) is 2. The van der Waals surface area contributed by atoms with E-state index in [4.69, 9.17) is 5.73 Å². The minimum absolute atomic E-state index is 0.263. The normalized spacial score (nSPS) is 15.2. The molecule has 8 heteroatoms. The molecule has 1 aliphatic heterocycles. The van der Waals surface area contributed by atoms with E-state index in [0.717, 1.165) is 25.2 Å². The minimum atomic E-state index is -0.286. The Bertz CT molecular complexity index is 618. The van der Waals surface area contributed by atoms with Gasteiger partial charge < -0.3 is 10.6 Å². The maximum absolute atomic E-state index is 12.0. The van der Waals surface area contributed by atoms with E-state index in [-0.39, 0.29) is 11.7 Å². The standard InChI is InChI=1S/C11H14N6OS/c1-17-3-2-7-8(5-17)19-11(14-7)15-10(18)6-4-13-16-9(6)12/h4H,2-3,5H2,1H3,(H3,12,13,16)(H,14,15,18). The van der Waals surface area contributed by atoms with Crippen LogP contribution in [0.4, 0.5) is 10.9 Å². The maximum atomic E-state index is 12.0. The molecule has 0 bridgehead atoms. The number of nitrogens with zero attached hydrogens (tertiary/aromatic N) is 3. The van der Waals surface area contributed by atoms with Crippen molar-refractivity contribution in [3.63, 3.8) is 0 Å². The minimum Gasteiger partial charge on any atom is -0.383 e. The molecule has 3 heterocycles. The first-order valence-electron chi connectivity index (χ1n) is 5.91. The molecule has 0 aliphatic carbocycles. The molecule has 0 aromatic carbocycles. The molecule has 0 fully saturated rings. The molecular weight excluding hydrogens is 264 g/mol. The molecular formula is C11H14N6OS. The molecule has 0 spiro atoms. The first kappa shape index (κ1) is 12.1. The zero-order valence-electron chi connectivity index (χ0n) is 10.4. The van der Waals surface area contributed by atoms with Crippen LogP contribution >= 0.6 is 11.3 Å². The van der Waals surface area contributed by atoms with E-state index in [2.05, 4.69) is 32.4 Å². The highest BCUT2D eigenvalue weighted by atomic mass is 32.1. The zero-order valence-corrected chi connectivity index (χ0v) is 11.3. The third-order valence-corrected chi connectivity index (χ3v) is 4.05. The molecule has 19 heavy (non-hydrogen) atoms. The predicted molar refractivity (Wildman–Crippen MR) is 73.1 cm³/mol. The summed E-state index contributed by atoms with van der Waals surface area (Å²) in [5.41, 5.74) is 7.03. The Morgan fingerprint density at radius 1 is 1.63 bits per heavy atom. The van der Waals surface area contributed by atoms with E-state index in [0.29, 0.717) is 10.7 Å². The smallest absolute Gasteiger partial charge is 0.262 e. The van der Waals surface area contributed by atoms with Crippen LogP contribution in [0, 0.1) is 0 Å². The molecule has 0 atom stereocenters. The van der Waals surface area contributed by atoms with Crippen molar-refractivity contribution < 1.29 is 4.79 Å². The number of carbonyl (C=O) groups excluding carboxylic acids is 1. The van der Waals surface area contributed by atoms with Gasteiger partial charge in [0, 0.05) is 24.4 Å². The lowest BCUT2D eigenvalue weighted by molar-refractivity contribution is 0.102. The molecule has 1 amide bonds. The Labute approximate surface area is 113 Å². The van der Waals surface area contributed by atoms with E-state index in [1.54, 1.807) is 0 Å². The number of anilines is 2. The highest BCUT2D eigenvalue weighted by molar-refractivity contribution is 7.15. The predicted octanol–water partition coefficient (Wildman–Crippen LogP) is 0.689. The van der Waals surface area contributed by atoms with Crippen LogP contribution < -0.4 is 11.1 Å². The molecule has 0 saturated carbocycles. The summed E-state index contributed by atoms with van der Waals surface area (Å²) in [5, 5.41) is 9.64. The number of nitrogen functional groups attached to an aromatic ring is 1. The van der Waals surface area contributed by atoms with Crippen LogP contribution in [0.3, 0.4) is 0 Å². The number of likely N-dealkylation sites (N-methyl/N-ethyl adjacent to an activating group) is 1. The molecule has 2 aromatic heterocycles. The van der Waals surface area contributed by atoms with Gasteiger partial charge >= 0.3 is 0 Å². The highest BCUT2D eigenvalue weighted by Crippen LogP contribution is 2.28. The quantitative estimate of drug-likeness (QED) is 0.750. The molecule has 1 aliphatic rings. The topological polar surface area (TPSA) is 99.9 Å². The number of hydrogen-bond acceptors (Lipinski definition) is 6. The fourth-order valence-electron chi connectivity index (χ4n) is 2.02. The van der Waals surface area contributed by atoms with Crippen molar-refractivity contribution in [3.05, 3.63) is 22.3 Å². The van der Waals surface area contributed by atoms with Crippen LogP contribution in [0.5, 0.6) is 0 Å². The zero-order chi connectivity index (χ0) is 13.4. The Kier molecular flexibility index (Phi) is 2.96. The average molecular weight is 278 g/mol. The fourth-order valence-corrected chi connectivity index (χ4v) is 3.10. The summed E-state index contributed by atoms with van der Waals surface area (Å²) < 4.78 is 0. The SMILES string of the molecule is CN1CCc2nc(NC(=O)c3cn[nH]c3N)sc2C1. The van der Waals surface area contributed by atoms with Crippen LogP contribution in [0.15, 0.2) is 6.20 Å². The summed E-state index contributed by atoms with van der Waals surface area (Å²) in [4.78, 5) is 19.9. The first-order valence-corrected chi connectivity index (χ1v) is 6.72. The van der Waals surface area contributed by atoms with Gasteiger partial charge in [0.15, 0.2) is 5.13 Å². The van der Waals surface area contributed by atoms with Gasteiger partial charge in [0.05, 0.1) is 11.9 Å². The third-order valence-electron chi connectivity index (χ3n) is 3.06. The summed E-state index contributed by atoms with van der Waals surface area (Å²) >= 11 is 1.51. The summed E-state index contributed by atoms with van der Waals surface area (Å²) in [6, 6.07) is 0. The van der Waals surface area contributed by atoms with Crippen LogP contribution in [0.1, 0.15) is 20.9 Å².